The Labute approximate surface area is 182 Å². The molecule has 0 radical (unpaired) electrons. The molecule has 8 atom stereocenters. The van der Waals surface area contributed by atoms with Crippen LogP contribution in [0.5, 0.6) is 0 Å². The molecular weight excluding hydrogens is 398 g/mol. The zero-order chi connectivity index (χ0) is 21.8. The molecule has 7 heteroatoms. The van der Waals surface area contributed by atoms with Gasteiger partial charge in [-0.25, -0.2) is 4.79 Å². The van der Waals surface area contributed by atoms with Gasteiger partial charge in [0.2, 0.25) is 0 Å². The van der Waals surface area contributed by atoms with Crippen molar-refractivity contribution in [2.24, 2.45) is 22.7 Å². The Morgan fingerprint density at radius 3 is 2.71 bits per heavy atom. The van der Waals surface area contributed by atoms with Gasteiger partial charge in [-0.2, -0.15) is 0 Å². The zero-order valence-corrected chi connectivity index (χ0v) is 18.5. The molecule has 0 aromatic rings. The van der Waals surface area contributed by atoms with Gasteiger partial charge in [0.1, 0.15) is 11.2 Å². The summed E-state index contributed by atoms with van der Waals surface area (Å²) in [5.74, 6) is 0.445. The lowest BCUT2D eigenvalue weighted by Crippen LogP contribution is -2.66. The molecule has 0 aromatic carbocycles. The van der Waals surface area contributed by atoms with Crippen molar-refractivity contribution in [2.45, 2.75) is 88.6 Å². The second-order valence-electron chi connectivity index (χ2n) is 11.1. The molecule has 2 heterocycles. The van der Waals surface area contributed by atoms with Gasteiger partial charge in [0.15, 0.2) is 5.78 Å². The van der Waals surface area contributed by atoms with Crippen molar-refractivity contribution in [3.05, 3.63) is 11.6 Å². The number of hydrogen-bond acceptors (Lipinski definition) is 6. The second-order valence-corrected chi connectivity index (χ2v) is 11.1. The maximum absolute atomic E-state index is 12.3. The summed E-state index contributed by atoms with van der Waals surface area (Å²) in [4.78, 5) is 36.7. The maximum Gasteiger partial charge on any atom is 0.407 e. The van der Waals surface area contributed by atoms with Crippen molar-refractivity contribution in [3.63, 3.8) is 0 Å². The third-order valence-corrected chi connectivity index (χ3v) is 10.2. The lowest BCUT2D eigenvalue weighted by atomic mass is 9.45. The van der Waals surface area contributed by atoms with Crippen LogP contribution >= 0.6 is 0 Å². The zero-order valence-electron chi connectivity index (χ0n) is 18.5. The van der Waals surface area contributed by atoms with Crippen LogP contribution in [0.15, 0.2) is 11.6 Å². The normalized spacial score (nSPS) is 51.8. The van der Waals surface area contributed by atoms with Gasteiger partial charge in [0.25, 0.3) is 0 Å². The van der Waals surface area contributed by atoms with Crippen LogP contribution in [0.4, 0.5) is 4.79 Å². The standard InChI is InChI=1S/C24H31NO6/c1-21-7-4-14(26)10-13(21)11-16(25-20(28)29-3)19-15-5-8-23(9-6-18(27)31-23)22(15,2)12-17-24(19,21)30-17/h10,15-17,19H,4-9,11-12H2,1-3H3,(H,25,28)/t15?,16-,17+,19?,21+,22+,23-,24-/m1/s1. The lowest BCUT2D eigenvalue weighted by Gasteiger charge is -2.59. The number of ether oxygens (including phenoxy) is 3. The molecule has 3 saturated carbocycles. The van der Waals surface area contributed by atoms with Crippen LogP contribution in [-0.2, 0) is 23.8 Å². The molecule has 168 valence electrons. The minimum Gasteiger partial charge on any atom is -0.458 e. The quantitative estimate of drug-likeness (QED) is 0.509. The largest absolute Gasteiger partial charge is 0.458 e. The third-order valence-electron chi connectivity index (χ3n) is 10.2. The third kappa shape index (κ3) is 2.21. The molecule has 0 bridgehead atoms. The molecule has 2 saturated heterocycles. The van der Waals surface area contributed by atoms with E-state index in [1.807, 2.05) is 6.08 Å². The van der Waals surface area contributed by atoms with E-state index in [1.165, 1.54) is 7.11 Å². The first-order valence-electron chi connectivity index (χ1n) is 11.7. The van der Waals surface area contributed by atoms with E-state index in [0.29, 0.717) is 19.3 Å². The van der Waals surface area contributed by atoms with Crippen molar-refractivity contribution in [1.82, 2.24) is 5.32 Å². The van der Waals surface area contributed by atoms with Crippen molar-refractivity contribution < 1.29 is 28.6 Å². The van der Waals surface area contributed by atoms with E-state index < -0.39 is 11.7 Å². The lowest BCUT2D eigenvalue weighted by molar-refractivity contribution is -0.165. The second kappa shape index (κ2) is 5.91. The first-order chi connectivity index (χ1) is 14.7. The van der Waals surface area contributed by atoms with Gasteiger partial charge in [-0.15, -0.1) is 0 Å². The molecule has 0 aromatic heterocycles. The number of esters is 1. The van der Waals surface area contributed by atoms with E-state index in [2.05, 4.69) is 19.2 Å². The van der Waals surface area contributed by atoms with E-state index in [1.54, 1.807) is 0 Å². The van der Waals surface area contributed by atoms with Crippen LogP contribution < -0.4 is 5.32 Å². The highest BCUT2D eigenvalue weighted by Crippen LogP contribution is 2.77. The van der Waals surface area contributed by atoms with Crippen LogP contribution in [0.2, 0.25) is 0 Å². The highest BCUT2D eigenvalue weighted by Gasteiger charge is 2.83. The molecule has 4 aliphatic carbocycles. The molecular formula is C24H31NO6. The number of hydrogen-bond donors (Lipinski definition) is 1. The van der Waals surface area contributed by atoms with E-state index in [4.69, 9.17) is 14.2 Å². The number of methoxy groups -OCH3 is 1. The first-order valence-corrected chi connectivity index (χ1v) is 11.7. The molecule has 6 rings (SSSR count). The molecule has 2 spiro atoms. The average molecular weight is 430 g/mol. The number of ketones is 1. The van der Waals surface area contributed by atoms with Crippen LogP contribution in [-0.4, -0.2) is 48.3 Å². The minimum atomic E-state index is -0.448. The Bertz CT molecular complexity index is 929. The fraction of sp³-hybridized carbons (Fsp3) is 0.792. The summed E-state index contributed by atoms with van der Waals surface area (Å²) in [6, 6.07) is -0.167. The summed E-state index contributed by atoms with van der Waals surface area (Å²) in [5.41, 5.74) is -0.0579. The Morgan fingerprint density at radius 2 is 2.00 bits per heavy atom. The van der Waals surface area contributed by atoms with E-state index >= 15 is 0 Å². The molecule has 31 heavy (non-hydrogen) atoms. The first kappa shape index (κ1) is 19.8. The highest BCUT2D eigenvalue weighted by atomic mass is 16.6. The summed E-state index contributed by atoms with van der Waals surface area (Å²) in [6.45, 7) is 4.54. The number of carbonyl (C=O) groups excluding carboxylic acids is 3. The van der Waals surface area contributed by atoms with Crippen LogP contribution in [0.1, 0.15) is 65.2 Å². The van der Waals surface area contributed by atoms with Crippen molar-refractivity contribution in [2.75, 3.05) is 7.11 Å². The van der Waals surface area contributed by atoms with Gasteiger partial charge in [-0.05, 0) is 50.5 Å². The fourth-order valence-electron chi connectivity index (χ4n) is 8.66. The monoisotopic (exact) mass is 429 g/mol. The highest BCUT2D eigenvalue weighted by molar-refractivity contribution is 5.92. The number of amides is 1. The van der Waals surface area contributed by atoms with Gasteiger partial charge in [-0.1, -0.05) is 19.4 Å². The maximum atomic E-state index is 12.3. The van der Waals surface area contributed by atoms with Gasteiger partial charge in [0.05, 0.1) is 13.2 Å². The SMILES string of the molecule is COC(=O)N[C@@H]1CC2=CC(=O)CC[C@]2(C)[C@@]23O[C@H]2C[C@@]2(C)C(CC[C@@]24CCC(=O)O4)C13. The van der Waals surface area contributed by atoms with E-state index in [0.717, 1.165) is 37.7 Å². The minimum absolute atomic E-state index is 0.0527. The van der Waals surface area contributed by atoms with E-state index in [9.17, 15) is 14.4 Å². The van der Waals surface area contributed by atoms with Gasteiger partial charge in [-0.3, -0.25) is 9.59 Å². The van der Waals surface area contributed by atoms with Crippen molar-refractivity contribution in [1.29, 1.82) is 0 Å². The number of carbonyl (C=O) groups is 3. The predicted molar refractivity (Wildman–Crippen MR) is 109 cm³/mol. The topological polar surface area (TPSA) is 94.2 Å². The van der Waals surface area contributed by atoms with Crippen LogP contribution in [0.25, 0.3) is 0 Å². The molecule has 5 fully saturated rings. The van der Waals surface area contributed by atoms with Crippen LogP contribution in [0, 0.1) is 22.7 Å². The van der Waals surface area contributed by atoms with E-state index in [-0.39, 0.29) is 52.2 Å². The Hall–Kier alpha value is -1.89. The molecule has 1 amide bonds. The van der Waals surface area contributed by atoms with Gasteiger partial charge >= 0.3 is 12.1 Å². The molecule has 1 N–H and O–H groups in total. The summed E-state index contributed by atoms with van der Waals surface area (Å²) in [6.07, 6.45) is 7.35. The molecule has 2 unspecified atom stereocenters. The van der Waals surface area contributed by atoms with Gasteiger partial charge < -0.3 is 19.5 Å². The number of rotatable bonds is 1. The van der Waals surface area contributed by atoms with Crippen LogP contribution in [0.3, 0.4) is 0 Å². The number of fused-ring (bicyclic) bond motifs is 4. The number of nitrogens with one attached hydrogen (secondary N) is 1. The molecule has 6 aliphatic rings. The smallest absolute Gasteiger partial charge is 0.407 e. The Balaban J connectivity index is 1.46. The fourth-order valence-corrected chi connectivity index (χ4v) is 8.66. The summed E-state index contributed by atoms with van der Waals surface area (Å²) in [7, 11) is 1.38. The van der Waals surface area contributed by atoms with Crippen molar-refractivity contribution >= 4 is 17.8 Å². The molecule has 2 aliphatic heterocycles. The predicted octanol–water partition coefficient (Wildman–Crippen LogP) is 3.06. The summed E-state index contributed by atoms with van der Waals surface area (Å²) >= 11 is 0. The van der Waals surface area contributed by atoms with Gasteiger partial charge in [0, 0.05) is 35.6 Å². The van der Waals surface area contributed by atoms with Crippen molar-refractivity contribution in [3.8, 4) is 0 Å². The Kier molecular flexibility index (Phi) is 3.77. The summed E-state index contributed by atoms with van der Waals surface area (Å²) < 4.78 is 17.7. The molecule has 7 nitrogen and oxygen atoms in total. The number of epoxide rings is 1. The average Bonchev–Trinajstić information content (AvgIpc) is 3.21. The Morgan fingerprint density at radius 1 is 1.19 bits per heavy atom. The summed E-state index contributed by atoms with van der Waals surface area (Å²) in [5, 5.41) is 3.10. The number of alkyl carbamates (subject to hydrolysis) is 1.